The summed E-state index contributed by atoms with van der Waals surface area (Å²) in [7, 11) is 0. The second kappa shape index (κ2) is 9.63. The molecule has 4 aliphatic rings. The van der Waals surface area contributed by atoms with Crippen LogP contribution in [0.4, 0.5) is 0 Å². The normalized spacial score (nSPS) is 46.3. The van der Waals surface area contributed by atoms with E-state index in [0.717, 1.165) is 11.1 Å². The van der Waals surface area contributed by atoms with Crippen molar-refractivity contribution in [3.63, 3.8) is 0 Å². The lowest BCUT2D eigenvalue weighted by atomic mass is 9.75. The second-order valence-electron chi connectivity index (χ2n) is 10.4. The quantitative estimate of drug-likeness (QED) is 0.266. The lowest BCUT2D eigenvalue weighted by molar-refractivity contribution is 0.395. The molecule has 0 radical (unpaired) electrons. The number of alkyl halides is 10. The van der Waals surface area contributed by atoms with Gasteiger partial charge in [-0.15, -0.1) is 69.6 Å². The zero-order chi connectivity index (χ0) is 28.8. The van der Waals surface area contributed by atoms with Gasteiger partial charge in [0.2, 0.25) is 0 Å². The molecule has 38 heavy (non-hydrogen) atoms. The Morgan fingerprint density at radius 1 is 0.553 bits per heavy atom. The van der Waals surface area contributed by atoms with E-state index in [9.17, 15) is 0 Å². The van der Waals surface area contributed by atoms with Crippen LogP contribution in [-0.4, -0.2) is 38.9 Å². The Morgan fingerprint density at radius 2 is 0.842 bits per heavy atom. The second-order valence-corrected chi connectivity index (χ2v) is 17.8. The monoisotopic (exact) mass is 794 g/mol. The van der Waals surface area contributed by atoms with Gasteiger partial charge < -0.3 is 0 Å². The third kappa shape index (κ3) is 3.33. The highest BCUT2D eigenvalue weighted by Gasteiger charge is 2.84. The van der Waals surface area contributed by atoms with Crippen molar-refractivity contribution >= 4 is 162 Å². The van der Waals surface area contributed by atoms with E-state index in [1.54, 1.807) is 0 Å². The van der Waals surface area contributed by atoms with Crippen LogP contribution in [0.1, 0.15) is 36.8 Å². The maximum atomic E-state index is 7.07. The first-order valence-corrected chi connectivity index (χ1v) is 16.7. The molecule has 1 aromatic rings. The molecule has 0 N–H and O–H groups in total. The Kier molecular flexibility index (Phi) is 8.15. The highest BCUT2D eigenvalue weighted by atomic mass is 35.5. The smallest absolute Gasteiger partial charge is 0.120 e. The van der Waals surface area contributed by atoms with Crippen LogP contribution in [0.2, 0.25) is 0 Å². The molecule has 14 heteroatoms. The Balaban J connectivity index is 1.54. The summed E-state index contributed by atoms with van der Waals surface area (Å²) in [6, 6.07) is 7.72. The Bertz CT molecular complexity index is 1200. The first-order chi connectivity index (χ1) is 17.2. The van der Waals surface area contributed by atoms with Gasteiger partial charge in [-0.1, -0.05) is 131 Å². The molecule has 1 aromatic carbocycles. The van der Waals surface area contributed by atoms with Crippen molar-refractivity contribution in [3.05, 3.63) is 55.5 Å². The number of benzene rings is 1. The van der Waals surface area contributed by atoms with E-state index in [4.69, 9.17) is 162 Å². The van der Waals surface area contributed by atoms with Gasteiger partial charge in [0, 0.05) is 11.8 Å². The topological polar surface area (TPSA) is 0 Å². The Hall–Kier alpha value is 2.76. The molecule has 0 amide bonds. The number of rotatable bonds is 4. The van der Waals surface area contributed by atoms with Crippen LogP contribution in [0.5, 0.6) is 0 Å². The van der Waals surface area contributed by atoms with Crippen molar-refractivity contribution in [2.45, 2.75) is 64.6 Å². The first-order valence-electron chi connectivity index (χ1n) is 11.2. The van der Waals surface area contributed by atoms with E-state index in [1.807, 2.05) is 38.1 Å². The Morgan fingerprint density at radius 3 is 1.13 bits per heavy atom. The van der Waals surface area contributed by atoms with Crippen molar-refractivity contribution in [1.29, 1.82) is 0 Å². The molecule has 210 valence electrons. The van der Waals surface area contributed by atoms with Crippen LogP contribution < -0.4 is 0 Å². The van der Waals surface area contributed by atoms with E-state index in [0.29, 0.717) is 0 Å². The number of fused-ring (bicyclic) bond motifs is 4. The third-order valence-electron chi connectivity index (χ3n) is 8.84. The summed E-state index contributed by atoms with van der Waals surface area (Å²) in [5, 5.41) is -1.40. The van der Waals surface area contributed by atoms with E-state index in [1.165, 1.54) is 0 Å². The summed E-state index contributed by atoms with van der Waals surface area (Å²) < 4.78 is -3.51. The molecular formula is C24H16Cl14. The van der Waals surface area contributed by atoms with Gasteiger partial charge in [-0.3, -0.25) is 0 Å². The highest BCUT2D eigenvalue weighted by molar-refractivity contribution is 6.68. The SMILES string of the molecule is CC(c1cccc(C(C)C2C(Cl)C3(Cl)C(Cl)=C(Cl)C2(Cl)C3(Cl)Cl)c1)C1C(Cl)C2(Cl)C(Cl)=C(Cl)C1(Cl)C2(Cl)Cl. The van der Waals surface area contributed by atoms with Crippen molar-refractivity contribution in [2.24, 2.45) is 11.8 Å². The molecule has 0 aliphatic heterocycles. The number of hydrogen-bond acceptors (Lipinski definition) is 0. The molecule has 4 bridgehead atoms. The summed E-state index contributed by atoms with van der Waals surface area (Å²) in [4.78, 5) is -6.18. The number of allylic oxidation sites excluding steroid dienone is 4. The highest BCUT2D eigenvalue weighted by Crippen LogP contribution is 2.78. The maximum Gasteiger partial charge on any atom is 0.168 e. The van der Waals surface area contributed by atoms with E-state index in [-0.39, 0.29) is 32.0 Å². The fourth-order valence-electron chi connectivity index (χ4n) is 6.65. The van der Waals surface area contributed by atoms with Gasteiger partial charge in [0.05, 0.1) is 30.9 Å². The fourth-order valence-corrected chi connectivity index (χ4v) is 14.4. The predicted molar refractivity (Wildman–Crippen MR) is 170 cm³/mol. The fraction of sp³-hybridized carbons (Fsp3) is 0.583. The van der Waals surface area contributed by atoms with Crippen molar-refractivity contribution in [2.75, 3.05) is 0 Å². The third-order valence-corrected chi connectivity index (χ3v) is 18.8. The molecule has 0 spiro atoms. The molecule has 5 rings (SSSR count). The summed E-state index contributed by atoms with van der Waals surface area (Å²) in [6.45, 7) is 3.88. The van der Waals surface area contributed by atoms with Gasteiger partial charge in [0.15, 0.2) is 8.67 Å². The minimum absolute atomic E-state index is 0.0488. The van der Waals surface area contributed by atoms with Crippen LogP contribution in [0.15, 0.2) is 44.4 Å². The van der Waals surface area contributed by atoms with E-state index in [2.05, 4.69) is 0 Å². The minimum Gasteiger partial charge on any atom is -0.120 e. The zero-order valence-corrected chi connectivity index (χ0v) is 29.6. The number of hydrogen-bond donors (Lipinski definition) is 0. The van der Waals surface area contributed by atoms with E-state index >= 15 is 0 Å². The van der Waals surface area contributed by atoms with E-state index < -0.39 is 50.8 Å². The van der Waals surface area contributed by atoms with Gasteiger partial charge in [-0.05, 0) is 23.0 Å². The first kappa shape index (κ1) is 32.2. The van der Waals surface area contributed by atoms with Gasteiger partial charge in [0.25, 0.3) is 0 Å². The summed E-state index contributed by atoms with van der Waals surface area (Å²) in [5.74, 6) is -1.79. The summed E-state index contributed by atoms with van der Waals surface area (Å²) >= 11 is 94.6. The summed E-state index contributed by atoms with van der Waals surface area (Å²) in [5.41, 5.74) is 1.73. The van der Waals surface area contributed by atoms with Crippen LogP contribution >= 0.6 is 162 Å². The van der Waals surface area contributed by atoms with Crippen LogP contribution in [0.25, 0.3) is 0 Å². The molecule has 10 unspecified atom stereocenters. The molecule has 2 saturated carbocycles. The maximum absolute atomic E-state index is 7.07. The molecule has 4 aliphatic carbocycles. The molecule has 0 aromatic heterocycles. The lowest BCUT2D eigenvalue weighted by Gasteiger charge is -2.39. The van der Waals surface area contributed by atoms with Crippen LogP contribution in [0, 0.1) is 11.8 Å². The molecule has 0 heterocycles. The standard InChI is InChI=1S/C24H16Cl14/c1-7(11-13(25)21(33)17(29)15(27)19(11,31)23(21,35)36)9-4-3-5-10(6-9)8(2)12-14(26)22(34)18(30)16(28)20(12,32)24(22,37)38/h3-8,11-14H,1-2H3. The molecule has 0 saturated heterocycles. The van der Waals surface area contributed by atoms with Crippen LogP contribution in [0.3, 0.4) is 0 Å². The van der Waals surface area contributed by atoms with Gasteiger partial charge in [-0.2, -0.15) is 0 Å². The molecule has 2 fully saturated rings. The largest absolute Gasteiger partial charge is 0.168 e. The van der Waals surface area contributed by atoms with Crippen LogP contribution in [-0.2, 0) is 0 Å². The van der Waals surface area contributed by atoms with Crippen molar-refractivity contribution < 1.29 is 0 Å². The average Bonchev–Trinajstić information content (AvgIpc) is 3.17. The average molecular weight is 801 g/mol. The minimum atomic E-state index is -1.76. The van der Waals surface area contributed by atoms with Gasteiger partial charge >= 0.3 is 0 Å². The zero-order valence-electron chi connectivity index (χ0n) is 19.1. The Labute approximate surface area is 291 Å². The van der Waals surface area contributed by atoms with Gasteiger partial charge in [0.1, 0.15) is 19.5 Å². The summed E-state index contributed by atoms with van der Waals surface area (Å²) in [6.07, 6.45) is 0. The number of halogens is 14. The molecular weight excluding hydrogens is 785 g/mol. The lowest BCUT2D eigenvalue weighted by Crippen LogP contribution is -2.45. The van der Waals surface area contributed by atoms with Crippen molar-refractivity contribution in [1.82, 2.24) is 0 Å². The van der Waals surface area contributed by atoms with Gasteiger partial charge in [-0.25, -0.2) is 0 Å². The predicted octanol–water partition coefficient (Wildman–Crippen LogP) is 12.0. The van der Waals surface area contributed by atoms with Crippen molar-refractivity contribution in [3.8, 4) is 0 Å². The molecule has 0 nitrogen and oxygen atoms in total. The molecule has 10 atom stereocenters.